The van der Waals surface area contributed by atoms with Gasteiger partial charge in [0.25, 0.3) is 0 Å². The molecule has 1 aliphatic carbocycles. The zero-order chi connectivity index (χ0) is 16.9. The van der Waals surface area contributed by atoms with Crippen LogP contribution in [0.1, 0.15) is 32.1 Å². The van der Waals surface area contributed by atoms with Crippen molar-refractivity contribution in [1.29, 1.82) is 0 Å². The molecule has 3 rings (SSSR count). The highest BCUT2D eigenvalue weighted by Crippen LogP contribution is 2.32. The zero-order valence-corrected chi connectivity index (χ0v) is 15.5. The Morgan fingerprint density at radius 1 is 1.08 bits per heavy atom. The fourth-order valence-electron chi connectivity index (χ4n) is 3.58. The van der Waals surface area contributed by atoms with E-state index in [1.54, 1.807) is 6.07 Å². The number of anilines is 1. The first-order chi connectivity index (χ1) is 11.6. The highest BCUT2D eigenvalue weighted by Gasteiger charge is 2.23. The van der Waals surface area contributed by atoms with Gasteiger partial charge in [-0.25, -0.2) is 0 Å². The van der Waals surface area contributed by atoms with Crippen molar-refractivity contribution in [3.63, 3.8) is 0 Å². The molecule has 1 aromatic carbocycles. The quantitative estimate of drug-likeness (QED) is 0.880. The Morgan fingerprint density at radius 2 is 1.79 bits per heavy atom. The molecule has 1 amide bonds. The molecule has 1 saturated heterocycles. The van der Waals surface area contributed by atoms with E-state index in [9.17, 15) is 4.79 Å². The Hall–Kier alpha value is -0.970. The summed E-state index contributed by atoms with van der Waals surface area (Å²) >= 11 is 12.4. The van der Waals surface area contributed by atoms with E-state index in [2.05, 4.69) is 10.2 Å². The third-order valence-electron chi connectivity index (χ3n) is 5.05. The summed E-state index contributed by atoms with van der Waals surface area (Å²) in [5.74, 6) is 0.206. The second-order valence-electron chi connectivity index (χ2n) is 6.66. The Labute approximate surface area is 154 Å². The molecule has 4 nitrogen and oxygen atoms in total. The molecule has 0 bridgehead atoms. The maximum absolute atomic E-state index is 12.4. The number of hydrogen-bond donors (Lipinski definition) is 1. The van der Waals surface area contributed by atoms with Crippen LogP contribution in [0.25, 0.3) is 0 Å². The van der Waals surface area contributed by atoms with E-state index >= 15 is 0 Å². The summed E-state index contributed by atoms with van der Waals surface area (Å²) in [6.07, 6.45) is 6.30. The maximum atomic E-state index is 12.4. The molecule has 0 spiro atoms. The lowest BCUT2D eigenvalue weighted by Crippen LogP contribution is -2.51. The average molecular weight is 370 g/mol. The predicted molar refractivity (Wildman–Crippen MR) is 100 cm³/mol. The summed E-state index contributed by atoms with van der Waals surface area (Å²) in [4.78, 5) is 16.6. The highest BCUT2D eigenvalue weighted by atomic mass is 35.5. The molecule has 0 radical (unpaired) electrons. The predicted octanol–water partition coefficient (Wildman–Crippen LogP) is 3.56. The van der Waals surface area contributed by atoms with E-state index < -0.39 is 0 Å². The number of nitrogens with one attached hydrogen (secondary N) is 1. The van der Waals surface area contributed by atoms with Crippen molar-refractivity contribution in [3.8, 4) is 0 Å². The zero-order valence-electron chi connectivity index (χ0n) is 13.9. The molecular weight excluding hydrogens is 345 g/mol. The molecule has 132 valence electrons. The van der Waals surface area contributed by atoms with Gasteiger partial charge in [-0.2, -0.15) is 0 Å². The van der Waals surface area contributed by atoms with Gasteiger partial charge in [0.05, 0.1) is 22.3 Å². The largest absolute Gasteiger partial charge is 0.367 e. The fourth-order valence-corrected chi connectivity index (χ4v) is 4.00. The lowest BCUT2D eigenvalue weighted by atomic mass is 9.95. The molecule has 24 heavy (non-hydrogen) atoms. The number of piperazine rings is 1. The van der Waals surface area contributed by atoms with E-state index in [1.165, 1.54) is 32.1 Å². The number of halogens is 2. The number of benzene rings is 1. The third kappa shape index (κ3) is 4.35. The molecule has 1 heterocycles. The van der Waals surface area contributed by atoms with Crippen LogP contribution in [0.2, 0.25) is 10.0 Å². The van der Waals surface area contributed by atoms with Gasteiger partial charge in [-0.15, -0.1) is 0 Å². The standard InChI is InChI=1S/C18H25Cl2N3O/c19-15-7-4-8-16(18(15)20)22-9-11-23(12-10-22)17(24)13-21-14-5-2-1-3-6-14/h4,7-8,14,21H,1-3,5-6,9-13H2. The summed E-state index contributed by atoms with van der Waals surface area (Å²) in [5.41, 5.74) is 0.955. The molecule has 0 atom stereocenters. The van der Waals surface area contributed by atoms with Crippen LogP contribution in [0, 0.1) is 0 Å². The van der Waals surface area contributed by atoms with Gasteiger partial charge in [0.2, 0.25) is 5.91 Å². The van der Waals surface area contributed by atoms with Crippen molar-refractivity contribution in [2.75, 3.05) is 37.6 Å². The number of amides is 1. The van der Waals surface area contributed by atoms with Crippen LogP contribution >= 0.6 is 23.2 Å². The third-order valence-corrected chi connectivity index (χ3v) is 5.86. The Balaban J connectivity index is 1.47. The van der Waals surface area contributed by atoms with E-state index in [1.807, 2.05) is 17.0 Å². The van der Waals surface area contributed by atoms with Crippen LogP contribution in [0.3, 0.4) is 0 Å². The van der Waals surface area contributed by atoms with Crippen molar-refractivity contribution in [2.24, 2.45) is 0 Å². The van der Waals surface area contributed by atoms with Gasteiger partial charge in [-0.3, -0.25) is 4.79 Å². The van der Waals surface area contributed by atoms with Gasteiger partial charge >= 0.3 is 0 Å². The van der Waals surface area contributed by atoms with Gasteiger partial charge in [0.15, 0.2) is 0 Å². The molecule has 1 aliphatic heterocycles. The molecule has 2 fully saturated rings. The second kappa shape index (κ2) is 8.41. The lowest BCUT2D eigenvalue weighted by Gasteiger charge is -2.37. The first-order valence-corrected chi connectivity index (χ1v) is 9.61. The van der Waals surface area contributed by atoms with Crippen LogP contribution in [-0.2, 0) is 4.79 Å². The van der Waals surface area contributed by atoms with Crippen molar-refractivity contribution in [2.45, 2.75) is 38.1 Å². The Bertz CT molecular complexity index is 567. The summed E-state index contributed by atoms with van der Waals surface area (Å²) < 4.78 is 0. The number of rotatable bonds is 4. The van der Waals surface area contributed by atoms with Gasteiger partial charge < -0.3 is 15.1 Å². The molecule has 6 heteroatoms. The normalized spacial score (nSPS) is 19.6. The van der Waals surface area contributed by atoms with Crippen LogP contribution < -0.4 is 10.2 Å². The van der Waals surface area contributed by atoms with Crippen molar-refractivity contribution in [3.05, 3.63) is 28.2 Å². The number of hydrogen-bond acceptors (Lipinski definition) is 3. The monoisotopic (exact) mass is 369 g/mol. The van der Waals surface area contributed by atoms with Crippen LogP contribution in [0.4, 0.5) is 5.69 Å². The number of nitrogens with zero attached hydrogens (tertiary/aromatic N) is 2. The van der Waals surface area contributed by atoms with E-state index in [0.717, 1.165) is 31.9 Å². The van der Waals surface area contributed by atoms with Crippen molar-refractivity contribution < 1.29 is 4.79 Å². The van der Waals surface area contributed by atoms with Crippen LogP contribution in [-0.4, -0.2) is 49.6 Å². The average Bonchev–Trinajstić information content (AvgIpc) is 2.63. The maximum Gasteiger partial charge on any atom is 0.236 e. The van der Waals surface area contributed by atoms with Crippen molar-refractivity contribution >= 4 is 34.8 Å². The molecule has 0 aromatic heterocycles. The second-order valence-corrected chi connectivity index (χ2v) is 7.44. The molecule has 0 unspecified atom stereocenters. The van der Waals surface area contributed by atoms with Crippen molar-refractivity contribution in [1.82, 2.24) is 10.2 Å². The van der Waals surface area contributed by atoms with Gasteiger partial charge in [-0.05, 0) is 25.0 Å². The first kappa shape index (κ1) is 17.8. The van der Waals surface area contributed by atoms with Crippen LogP contribution in [0.5, 0.6) is 0 Å². The fraction of sp³-hybridized carbons (Fsp3) is 0.611. The van der Waals surface area contributed by atoms with Gasteiger partial charge in [0.1, 0.15) is 0 Å². The minimum atomic E-state index is 0.206. The Kier molecular flexibility index (Phi) is 6.25. The molecule has 1 saturated carbocycles. The number of carbonyl (C=O) groups is 1. The molecule has 2 aliphatic rings. The van der Waals surface area contributed by atoms with Gasteiger partial charge in [-0.1, -0.05) is 48.5 Å². The van der Waals surface area contributed by atoms with Crippen LogP contribution in [0.15, 0.2) is 18.2 Å². The molecule has 1 aromatic rings. The summed E-state index contributed by atoms with van der Waals surface area (Å²) in [7, 11) is 0. The summed E-state index contributed by atoms with van der Waals surface area (Å²) in [5, 5.41) is 4.60. The summed E-state index contributed by atoms with van der Waals surface area (Å²) in [6.45, 7) is 3.50. The van der Waals surface area contributed by atoms with E-state index in [0.29, 0.717) is 22.6 Å². The topological polar surface area (TPSA) is 35.6 Å². The van der Waals surface area contributed by atoms with Gasteiger partial charge in [0, 0.05) is 32.2 Å². The minimum absolute atomic E-state index is 0.206. The molecular formula is C18H25Cl2N3O. The smallest absolute Gasteiger partial charge is 0.236 e. The van der Waals surface area contributed by atoms with E-state index in [-0.39, 0.29) is 5.91 Å². The Morgan fingerprint density at radius 3 is 2.50 bits per heavy atom. The number of carbonyl (C=O) groups excluding carboxylic acids is 1. The SMILES string of the molecule is O=C(CNC1CCCCC1)N1CCN(c2cccc(Cl)c2Cl)CC1. The van der Waals surface area contributed by atoms with E-state index in [4.69, 9.17) is 23.2 Å². The highest BCUT2D eigenvalue weighted by molar-refractivity contribution is 6.43. The summed E-state index contributed by atoms with van der Waals surface area (Å²) in [6, 6.07) is 6.21. The molecule has 1 N–H and O–H groups in total. The first-order valence-electron chi connectivity index (χ1n) is 8.85. The lowest BCUT2D eigenvalue weighted by molar-refractivity contribution is -0.130. The minimum Gasteiger partial charge on any atom is -0.367 e.